The molecule has 5 rings (SSSR count). The van der Waals surface area contributed by atoms with Crippen molar-refractivity contribution in [2.45, 2.75) is 38.8 Å². The molecule has 0 amide bonds. The average molecular weight is 463 g/mol. The van der Waals surface area contributed by atoms with E-state index >= 15 is 0 Å². The minimum absolute atomic E-state index is 0.552. The Kier molecular flexibility index (Phi) is 6.05. The van der Waals surface area contributed by atoms with Crippen LogP contribution in [0.1, 0.15) is 42.1 Å². The minimum atomic E-state index is 0.552. The van der Waals surface area contributed by atoms with Crippen molar-refractivity contribution in [2.24, 2.45) is 0 Å². The third-order valence-corrected chi connectivity index (χ3v) is 6.66. The van der Waals surface area contributed by atoms with E-state index in [1.807, 2.05) is 31.2 Å². The van der Waals surface area contributed by atoms with Crippen molar-refractivity contribution in [1.82, 2.24) is 19.7 Å². The van der Waals surface area contributed by atoms with Crippen LogP contribution in [0.15, 0.2) is 36.8 Å². The first-order valence-electron chi connectivity index (χ1n) is 11.4. The highest BCUT2D eigenvalue weighted by Crippen LogP contribution is 2.35. The molecule has 0 radical (unpaired) electrons. The van der Waals surface area contributed by atoms with Gasteiger partial charge in [0.25, 0.3) is 0 Å². The van der Waals surface area contributed by atoms with E-state index in [0.29, 0.717) is 29.0 Å². The summed E-state index contributed by atoms with van der Waals surface area (Å²) in [7, 11) is 0. The number of nitrogens with zero attached hydrogens (tertiary/aromatic N) is 7. The Hall–Kier alpha value is -3.31. The summed E-state index contributed by atoms with van der Waals surface area (Å²) in [5.41, 5.74) is 4.01. The highest BCUT2D eigenvalue weighted by molar-refractivity contribution is 6.35. The molecule has 1 saturated heterocycles. The molecule has 1 aliphatic heterocycles. The highest BCUT2D eigenvalue weighted by Gasteiger charge is 2.25. The summed E-state index contributed by atoms with van der Waals surface area (Å²) in [6.07, 6.45) is 7.12. The van der Waals surface area contributed by atoms with Gasteiger partial charge in [-0.2, -0.15) is 10.4 Å². The van der Waals surface area contributed by atoms with E-state index in [1.54, 1.807) is 6.33 Å². The van der Waals surface area contributed by atoms with Crippen molar-refractivity contribution in [3.8, 4) is 6.07 Å². The number of nitrogens with one attached hydrogen (secondary N) is 1. The van der Waals surface area contributed by atoms with Crippen molar-refractivity contribution >= 4 is 28.9 Å². The van der Waals surface area contributed by atoms with Crippen molar-refractivity contribution in [1.29, 1.82) is 5.26 Å². The molecule has 1 saturated carbocycles. The molecule has 0 atom stereocenters. The molecule has 33 heavy (non-hydrogen) atoms. The molecule has 1 aromatic carbocycles. The van der Waals surface area contributed by atoms with Gasteiger partial charge in [0.2, 0.25) is 0 Å². The molecule has 1 aliphatic carbocycles. The Balaban J connectivity index is 1.25. The van der Waals surface area contributed by atoms with E-state index in [2.05, 4.69) is 47.1 Å². The first-order valence-corrected chi connectivity index (χ1v) is 11.8. The Labute approximate surface area is 198 Å². The lowest BCUT2D eigenvalue weighted by molar-refractivity contribution is 0.635. The SMILES string of the molecule is Cc1nn(C2CC2)cc1CNc1ncnc(N2CCCN(c3ccc(C#N)cc3)CC2)c1Cl. The van der Waals surface area contributed by atoms with Crippen molar-refractivity contribution in [3.05, 3.63) is 58.6 Å². The molecule has 3 aromatic rings. The van der Waals surface area contributed by atoms with Crippen LogP contribution in [0.3, 0.4) is 0 Å². The van der Waals surface area contributed by atoms with E-state index in [1.165, 1.54) is 12.8 Å². The van der Waals surface area contributed by atoms with E-state index in [9.17, 15) is 0 Å². The fraction of sp³-hybridized carbons (Fsp3) is 0.417. The minimum Gasteiger partial charge on any atom is -0.370 e. The van der Waals surface area contributed by atoms with E-state index < -0.39 is 0 Å². The summed E-state index contributed by atoms with van der Waals surface area (Å²) >= 11 is 6.76. The largest absolute Gasteiger partial charge is 0.370 e. The molecule has 2 aliphatic rings. The number of anilines is 3. The lowest BCUT2D eigenvalue weighted by atomic mass is 10.2. The molecule has 2 aromatic heterocycles. The fourth-order valence-electron chi connectivity index (χ4n) is 4.24. The summed E-state index contributed by atoms with van der Waals surface area (Å²) in [5, 5.41) is 17.6. The summed E-state index contributed by atoms with van der Waals surface area (Å²) < 4.78 is 2.08. The van der Waals surface area contributed by atoms with Gasteiger partial charge < -0.3 is 15.1 Å². The second-order valence-corrected chi connectivity index (χ2v) is 9.03. The number of benzene rings is 1. The van der Waals surface area contributed by atoms with E-state index in [0.717, 1.165) is 55.4 Å². The highest BCUT2D eigenvalue weighted by atomic mass is 35.5. The Morgan fingerprint density at radius 1 is 1.09 bits per heavy atom. The molecule has 9 heteroatoms. The van der Waals surface area contributed by atoms with Crippen LogP contribution in [0.25, 0.3) is 0 Å². The molecule has 0 spiro atoms. The third-order valence-electron chi connectivity index (χ3n) is 6.31. The molecule has 2 fully saturated rings. The Morgan fingerprint density at radius 2 is 1.85 bits per heavy atom. The number of hydrogen-bond acceptors (Lipinski definition) is 7. The second-order valence-electron chi connectivity index (χ2n) is 8.65. The summed E-state index contributed by atoms with van der Waals surface area (Å²) in [4.78, 5) is 13.5. The monoisotopic (exact) mass is 462 g/mol. The second kappa shape index (κ2) is 9.28. The van der Waals surface area contributed by atoms with Crippen molar-refractivity contribution in [3.63, 3.8) is 0 Å². The first-order chi connectivity index (χ1) is 16.1. The van der Waals surface area contributed by atoms with Gasteiger partial charge >= 0.3 is 0 Å². The van der Waals surface area contributed by atoms with Gasteiger partial charge in [-0.1, -0.05) is 11.6 Å². The smallest absolute Gasteiger partial charge is 0.153 e. The van der Waals surface area contributed by atoms with Gasteiger partial charge in [-0.3, -0.25) is 4.68 Å². The number of rotatable bonds is 6. The molecule has 170 valence electrons. The van der Waals surface area contributed by atoms with E-state index in [-0.39, 0.29) is 0 Å². The fourth-order valence-corrected chi connectivity index (χ4v) is 4.52. The van der Waals surface area contributed by atoms with Crippen molar-refractivity contribution in [2.75, 3.05) is 41.3 Å². The molecule has 8 nitrogen and oxygen atoms in total. The molecular weight excluding hydrogens is 436 g/mol. The summed E-state index contributed by atoms with van der Waals surface area (Å²) in [5.74, 6) is 1.41. The van der Waals surface area contributed by atoms with Gasteiger partial charge in [0.1, 0.15) is 11.3 Å². The van der Waals surface area contributed by atoms with Crippen LogP contribution >= 0.6 is 11.6 Å². The maximum atomic E-state index is 9.03. The van der Waals surface area contributed by atoms with Crippen LogP contribution in [0.2, 0.25) is 5.02 Å². The van der Waals surface area contributed by atoms with Gasteiger partial charge in [-0.25, -0.2) is 9.97 Å². The number of halogens is 1. The van der Waals surface area contributed by atoms with Crippen molar-refractivity contribution < 1.29 is 0 Å². The van der Waals surface area contributed by atoms with Gasteiger partial charge in [-0.15, -0.1) is 0 Å². The third kappa shape index (κ3) is 4.74. The zero-order valence-corrected chi connectivity index (χ0v) is 19.5. The normalized spacial score (nSPS) is 16.4. The van der Waals surface area contributed by atoms with E-state index in [4.69, 9.17) is 16.9 Å². The number of aryl methyl sites for hydroxylation is 1. The molecule has 0 bridgehead atoms. The van der Waals surface area contributed by atoms with Gasteiger partial charge in [-0.05, 0) is 50.5 Å². The standard InChI is InChI=1S/C24H27ClN8/c1-17-19(15-33(30-17)21-7-8-21)14-27-23-22(25)24(29-16-28-23)32-10-2-9-31(11-12-32)20-5-3-18(13-26)4-6-20/h3-6,15-16,21H,2,7-12,14H2,1H3,(H,27,28,29). The van der Waals surface area contributed by atoms with Gasteiger partial charge in [0.05, 0.1) is 23.4 Å². The molecule has 0 unspecified atom stereocenters. The van der Waals surface area contributed by atoms with Gasteiger partial charge in [0, 0.05) is 50.2 Å². The number of aromatic nitrogens is 4. The molecule has 3 heterocycles. The van der Waals surface area contributed by atoms with Crippen LogP contribution in [-0.4, -0.2) is 45.9 Å². The van der Waals surface area contributed by atoms with Crippen LogP contribution in [0.5, 0.6) is 0 Å². The predicted octanol–water partition coefficient (Wildman–Crippen LogP) is 4.17. The average Bonchev–Trinajstić information content (AvgIpc) is 3.65. The lowest BCUT2D eigenvalue weighted by Gasteiger charge is -2.25. The lowest BCUT2D eigenvalue weighted by Crippen LogP contribution is -2.31. The van der Waals surface area contributed by atoms with Gasteiger partial charge in [0.15, 0.2) is 11.6 Å². The number of nitriles is 1. The van der Waals surface area contributed by atoms with Crippen LogP contribution in [0.4, 0.5) is 17.3 Å². The molecule has 1 N–H and O–H groups in total. The Bertz CT molecular complexity index is 1160. The first kappa shape index (κ1) is 21.5. The van der Waals surface area contributed by atoms with Crippen LogP contribution < -0.4 is 15.1 Å². The zero-order valence-electron chi connectivity index (χ0n) is 18.7. The number of hydrogen-bond donors (Lipinski definition) is 1. The Morgan fingerprint density at radius 3 is 2.61 bits per heavy atom. The topological polar surface area (TPSA) is 85.9 Å². The molecular formula is C24H27ClN8. The quantitative estimate of drug-likeness (QED) is 0.588. The maximum absolute atomic E-state index is 9.03. The van der Waals surface area contributed by atoms with Crippen LogP contribution in [0, 0.1) is 18.3 Å². The maximum Gasteiger partial charge on any atom is 0.153 e. The predicted molar refractivity (Wildman–Crippen MR) is 130 cm³/mol. The van der Waals surface area contributed by atoms with Crippen LogP contribution in [-0.2, 0) is 6.54 Å². The summed E-state index contributed by atoms with van der Waals surface area (Å²) in [6.45, 7) is 6.15. The summed E-state index contributed by atoms with van der Waals surface area (Å²) in [6, 6.07) is 10.5. The zero-order chi connectivity index (χ0) is 22.8.